The number of guanidine groups is 1. The van der Waals surface area contributed by atoms with Gasteiger partial charge in [-0.25, -0.2) is 13.1 Å². The molecule has 0 heterocycles. The molecule has 0 aliphatic heterocycles. The summed E-state index contributed by atoms with van der Waals surface area (Å²) < 4.78 is 30.8. The number of nitrogens with zero attached hydrogens (tertiary/aromatic N) is 2. The van der Waals surface area contributed by atoms with Crippen LogP contribution in [-0.4, -0.2) is 71.5 Å². The molecule has 0 unspecified atom stereocenters. The fourth-order valence-corrected chi connectivity index (χ4v) is 2.56. The van der Waals surface area contributed by atoms with E-state index in [0.29, 0.717) is 26.1 Å². The lowest BCUT2D eigenvalue weighted by Gasteiger charge is -2.22. The zero-order chi connectivity index (χ0) is 17.1. The van der Waals surface area contributed by atoms with Gasteiger partial charge >= 0.3 is 0 Å². The Morgan fingerprint density at radius 3 is 2.70 bits per heavy atom. The third kappa shape index (κ3) is 9.78. The molecule has 1 saturated carbocycles. The van der Waals surface area contributed by atoms with Gasteiger partial charge in [0.05, 0.1) is 12.4 Å². The predicted octanol–water partition coefficient (Wildman–Crippen LogP) is 0.640. The van der Waals surface area contributed by atoms with Crippen LogP contribution in [0.1, 0.15) is 33.1 Å². The van der Waals surface area contributed by atoms with Crippen molar-refractivity contribution in [3.63, 3.8) is 0 Å². The highest BCUT2D eigenvalue weighted by molar-refractivity contribution is 7.89. The van der Waals surface area contributed by atoms with Gasteiger partial charge in [0, 0.05) is 39.8 Å². The molecule has 1 rings (SSSR count). The Labute approximate surface area is 140 Å². The van der Waals surface area contributed by atoms with Crippen LogP contribution in [0.4, 0.5) is 0 Å². The number of nitrogens with one attached hydrogen (secondary N) is 2. The topological polar surface area (TPSA) is 83.0 Å². The molecule has 0 spiro atoms. The van der Waals surface area contributed by atoms with Gasteiger partial charge in [-0.2, -0.15) is 0 Å². The first kappa shape index (κ1) is 20.2. The van der Waals surface area contributed by atoms with E-state index in [9.17, 15) is 8.42 Å². The van der Waals surface area contributed by atoms with Crippen LogP contribution in [0.15, 0.2) is 4.99 Å². The minimum Gasteiger partial charge on any atom is -0.379 e. The summed E-state index contributed by atoms with van der Waals surface area (Å²) in [4.78, 5) is 6.57. The Kier molecular flexibility index (Phi) is 9.50. The van der Waals surface area contributed by atoms with E-state index in [-0.39, 0.29) is 5.75 Å². The lowest BCUT2D eigenvalue weighted by atomic mass is 10.4. The average molecular weight is 349 g/mol. The first-order chi connectivity index (χ1) is 11.0. The van der Waals surface area contributed by atoms with Gasteiger partial charge in [0.2, 0.25) is 10.0 Å². The SMILES string of the molecule is CCNC(=NCCCNS(=O)(=O)CC)N(C)CCOCC1CC1. The van der Waals surface area contributed by atoms with Crippen molar-refractivity contribution in [1.82, 2.24) is 14.9 Å². The van der Waals surface area contributed by atoms with Gasteiger partial charge in [-0.15, -0.1) is 0 Å². The van der Waals surface area contributed by atoms with Crippen molar-refractivity contribution in [3.05, 3.63) is 0 Å². The van der Waals surface area contributed by atoms with Crippen LogP contribution in [0.25, 0.3) is 0 Å². The van der Waals surface area contributed by atoms with Gasteiger partial charge in [-0.3, -0.25) is 4.99 Å². The number of hydrogen-bond donors (Lipinski definition) is 2. The number of ether oxygens (including phenoxy) is 1. The van der Waals surface area contributed by atoms with E-state index < -0.39 is 10.0 Å². The lowest BCUT2D eigenvalue weighted by molar-refractivity contribution is 0.115. The molecule has 0 bridgehead atoms. The average Bonchev–Trinajstić information content (AvgIpc) is 3.34. The smallest absolute Gasteiger partial charge is 0.211 e. The van der Waals surface area contributed by atoms with Crippen LogP contribution in [0.5, 0.6) is 0 Å². The van der Waals surface area contributed by atoms with E-state index in [0.717, 1.165) is 31.6 Å². The molecule has 0 aromatic heterocycles. The lowest BCUT2D eigenvalue weighted by Crippen LogP contribution is -2.40. The second-order valence-electron chi connectivity index (χ2n) is 5.83. The molecule has 8 heteroatoms. The van der Waals surface area contributed by atoms with Gasteiger partial charge in [-0.1, -0.05) is 0 Å². The maximum atomic E-state index is 11.3. The molecular weight excluding hydrogens is 316 g/mol. The van der Waals surface area contributed by atoms with Crippen molar-refractivity contribution in [2.75, 3.05) is 52.2 Å². The zero-order valence-corrected chi connectivity index (χ0v) is 15.5. The zero-order valence-electron chi connectivity index (χ0n) is 14.7. The summed E-state index contributed by atoms with van der Waals surface area (Å²) in [5, 5.41) is 3.24. The fraction of sp³-hybridized carbons (Fsp3) is 0.933. The van der Waals surface area contributed by atoms with Crippen molar-refractivity contribution in [3.8, 4) is 0 Å². The van der Waals surface area contributed by atoms with Crippen LogP contribution in [0.3, 0.4) is 0 Å². The molecule has 0 aromatic carbocycles. The van der Waals surface area contributed by atoms with Gasteiger partial charge in [0.25, 0.3) is 0 Å². The highest BCUT2D eigenvalue weighted by Crippen LogP contribution is 2.28. The third-order valence-corrected chi connectivity index (χ3v) is 5.02. The summed E-state index contributed by atoms with van der Waals surface area (Å²) in [6, 6.07) is 0. The molecule has 0 radical (unpaired) electrons. The number of sulfonamides is 1. The van der Waals surface area contributed by atoms with Crippen LogP contribution in [0.2, 0.25) is 0 Å². The molecule has 0 aromatic rings. The fourth-order valence-electron chi connectivity index (χ4n) is 1.91. The first-order valence-corrected chi connectivity index (χ1v) is 10.2. The van der Waals surface area contributed by atoms with Crippen molar-refractivity contribution < 1.29 is 13.2 Å². The van der Waals surface area contributed by atoms with Gasteiger partial charge in [-0.05, 0) is 39.0 Å². The molecule has 7 nitrogen and oxygen atoms in total. The molecule has 1 aliphatic rings. The number of rotatable bonds is 12. The highest BCUT2D eigenvalue weighted by atomic mass is 32.2. The van der Waals surface area contributed by atoms with E-state index in [2.05, 4.69) is 15.0 Å². The second kappa shape index (κ2) is 10.8. The summed E-state index contributed by atoms with van der Waals surface area (Å²) in [5.74, 6) is 1.73. The van der Waals surface area contributed by atoms with Gasteiger partial charge < -0.3 is 15.0 Å². The van der Waals surface area contributed by atoms with Crippen LogP contribution >= 0.6 is 0 Å². The van der Waals surface area contributed by atoms with Crippen LogP contribution < -0.4 is 10.0 Å². The quantitative estimate of drug-likeness (QED) is 0.307. The molecule has 2 N–H and O–H groups in total. The monoisotopic (exact) mass is 348 g/mol. The normalized spacial score (nSPS) is 15.7. The number of hydrogen-bond acceptors (Lipinski definition) is 4. The predicted molar refractivity (Wildman–Crippen MR) is 94.2 cm³/mol. The largest absolute Gasteiger partial charge is 0.379 e. The summed E-state index contributed by atoms with van der Waals surface area (Å²) in [6.07, 6.45) is 3.30. The molecule has 0 atom stereocenters. The van der Waals surface area contributed by atoms with Crippen molar-refractivity contribution in [2.45, 2.75) is 33.1 Å². The summed E-state index contributed by atoms with van der Waals surface area (Å²) in [6.45, 7) is 7.84. The minimum atomic E-state index is -3.10. The van der Waals surface area contributed by atoms with Crippen molar-refractivity contribution in [2.24, 2.45) is 10.9 Å². The summed E-state index contributed by atoms with van der Waals surface area (Å²) in [5.41, 5.74) is 0. The number of likely N-dealkylation sites (N-methyl/N-ethyl adjacent to an activating group) is 1. The Morgan fingerprint density at radius 1 is 1.35 bits per heavy atom. The summed E-state index contributed by atoms with van der Waals surface area (Å²) in [7, 11) is -1.12. The second-order valence-corrected chi connectivity index (χ2v) is 7.92. The molecule has 1 fully saturated rings. The Morgan fingerprint density at radius 2 is 2.09 bits per heavy atom. The van der Waals surface area contributed by atoms with Crippen molar-refractivity contribution >= 4 is 16.0 Å². The van der Waals surface area contributed by atoms with E-state index in [1.807, 2.05) is 18.9 Å². The Hall–Kier alpha value is -0.860. The molecule has 0 amide bonds. The van der Waals surface area contributed by atoms with Crippen LogP contribution in [-0.2, 0) is 14.8 Å². The molecular formula is C15H32N4O3S. The van der Waals surface area contributed by atoms with Gasteiger partial charge in [0.1, 0.15) is 0 Å². The highest BCUT2D eigenvalue weighted by Gasteiger charge is 2.21. The van der Waals surface area contributed by atoms with Crippen molar-refractivity contribution in [1.29, 1.82) is 0 Å². The number of aliphatic imine (C=N–C) groups is 1. The van der Waals surface area contributed by atoms with Gasteiger partial charge in [0.15, 0.2) is 5.96 Å². The Balaban J connectivity index is 2.24. The minimum absolute atomic E-state index is 0.114. The summed E-state index contributed by atoms with van der Waals surface area (Å²) >= 11 is 0. The van der Waals surface area contributed by atoms with E-state index in [1.54, 1.807) is 6.92 Å². The maximum Gasteiger partial charge on any atom is 0.211 e. The van der Waals surface area contributed by atoms with E-state index >= 15 is 0 Å². The first-order valence-electron chi connectivity index (χ1n) is 8.53. The Bertz CT molecular complexity index is 450. The maximum absolute atomic E-state index is 11.3. The van der Waals surface area contributed by atoms with E-state index in [1.165, 1.54) is 12.8 Å². The molecule has 0 saturated heterocycles. The standard InChI is InChI=1S/C15H32N4O3S/c1-4-16-15(17-9-6-10-18-23(20,21)5-2)19(3)11-12-22-13-14-7-8-14/h14,18H,4-13H2,1-3H3,(H,16,17). The molecule has 136 valence electrons. The molecule has 1 aliphatic carbocycles. The molecule has 23 heavy (non-hydrogen) atoms. The third-order valence-electron chi connectivity index (χ3n) is 3.62. The van der Waals surface area contributed by atoms with Crippen LogP contribution in [0, 0.1) is 5.92 Å². The van der Waals surface area contributed by atoms with E-state index in [4.69, 9.17) is 4.74 Å².